The van der Waals surface area contributed by atoms with Crippen molar-refractivity contribution in [2.75, 3.05) is 7.11 Å². The van der Waals surface area contributed by atoms with Gasteiger partial charge in [-0.2, -0.15) is 0 Å². The molecular weight excluding hydrogens is 265 g/mol. The van der Waals surface area contributed by atoms with E-state index in [-0.39, 0.29) is 0 Å². The Bertz CT molecular complexity index is 487. The number of rotatable bonds is 1. The van der Waals surface area contributed by atoms with Crippen molar-refractivity contribution in [3.63, 3.8) is 0 Å². The quantitative estimate of drug-likeness (QED) is 0.739. The van der Waals surface area contributed by atoms with Crippen LogP contribution in [0.1, 0.15) is 0 Å². The molecule has 2 nitrogen and oxygen atoms in total. The van der Waals surface area contributed by atoms with E-state index in [1.54, 1.807) is 13.3 Å². The predicted molar refractivity (Wildman–Crippen MR) is 61.0 cm³/mol. The summed E-state index contributed by atoms with van der Waals surface area (Å²) in [7, 11) is 1.63. The standard InChI is InChI=1S/C10H7BrClNO/c1-14-9-5-6(11)4-8-7(9)2-3-13-10(8)12/h2-5H,1H3. The zero-order valence-electron chi connectivity index (χ0n) is 7.42. The fourth-order valence-corrected chi connectivity index (χ4v) is 2.00. The Balaban J connectivity index is 2.87. The average molecular weight is 273 g/mol. The lowest BCUT2D eigenvalue weighted by molar-refractivity contribution is 0.419. The maximum Gasteiger partial charge on any atom is 0.136 e. The maximum absolute atomic E-state index is 5.97. The Hall–Kier alpha value is -0.800. The van der Waals surface area contributed by atoms with Crippen molar-refractivity contribution < 1.29 is 4.74 Å². The zero-order chi connectivity index (χ0) is 10.1. The molecule has 1 heterocycles. The second kappa shape index (κ2) is 3.75. The number of hydrogen-bond acceptors (Lipinski definition) is 2. The van der Waals surface area contributed by atoms with Crippen LogP contribution in [0.4, 0.5) is 0 Å². The summed E-state index contributed by atoms with van der Waals surface area (Å²) < 4.78 is 6.17. The van der Waals surface area contributed by atoms with Crippen LogP contribution in [0.25, 0.3) is 10.8 Å². The monoisotopic (exact) mass is 271 g/mol. The summed E-state index contributed by atoms with van der Waals surface area (Å²) >= 11 is 9.36. The summed E-state index contributed by atoms with van der Waals surface area (Å²) in [5.74, 6) is 0.790. The first-order valence-corrected chi connectivity index (χ1v) is 5.17. The normalized spacial score (nSPS) is 10.5. The van der Waals surface area contributed by atoms with Crippen LogP contribution in [0.3, 0.4) is 0 Å². The molecule has 0 radical (unpaired) electrons. The van der Waals surface area contributed by atoms with Gasteiger partial charge in [0.2, 0.25) is 0 Å². The molecule has 2 rings (SSSR count). The van der Waals surface area contributed by atoms with Crippen LogP contribution in [0.15, 0.2) is 28.9 Å². The first-order chi connectivity index (χ1) is 6.72. The largest absolute Gasteiger partial charge is 0.496 e. The molecule has 72 valence electrons. The van der Waals surface area contributed by atoms with Gasteiger partial charge in [-0.3, -0.25) is 0 Å². The fourth-order valence-electron chi connectivity index (χ4n) is 1.35. The van der Waals surface area contributed by atoms with Crippen molar-refractivity contribution >= 4 is 38.3 Å². The van der Waals surface area contributed by atoms with E-state index in [0.29, 0.717) is 5.15 Å². The van der Waals surface area contributed by atoms with E-state index >= 15 is 0 Å². The highest BCUT2D eigenvalue weighted by Gasteiger charge is 2.06. The van der Waals surface area contributed by atoms with E-state index in [0.717, 1.165) is 21.0 Å². The van der Waals surface area contributed by atoms with Crippen molar-refractivity contribution in [3.8, 4) is 5.75 Å². The molecule has 1 aromatic carbocycles. The minimum atomic E-state index is 0.488. The van der Waals surface area contributed by atoms with Gasteiger partial charge in [-0.25, -0.2) is 4.98 Å². The average Bonchev–Trinajstić information content (AvgIpc) is 2.18. The van der Waals surface area contributed by atoms with Crippen LogP contribution in [-0.4, -0.2) is 12.1 Å². The summed E-state index contributed by atoms with van der Waals surface area (Å²) in [4.78, 5) is 4.01. The lowest BCUT2D eigenvalue weighted by Gasteiger charge is -2.06. The third-order valence-corrected chi connectivity index (χ3v) is 2.74. The third-order valence-electron chi connectivity index (χ3n) is 1.98. The van der Waals surface area contributed by atoms with Gasteiger partial charge in [-0.15, -0.1) is 0 Å². The molecule has 0 saturated carbocycles. The molecule has 0 aliphatic heterocycles. The molecule has 0 spiro atoms. The smallest absolute Gasteiger partial charge is 0.136 e. The lowest BCUT2D eigenvalue weighted by Crippen LogP contribution is -1.86. The summed E-state index contributed by atoms with van der Waals surface area (Å²) in [6.07, 6.45) is 1.67. The minimum Gasteiger partial charge on any atom is -0.496 e. The highest BCUT2D eigenvalue weighted by Crippen LogP contribution is 2.32. The van der Waals surface area contributed by atoms with Gasteiger partial charge < -0.3 is 4.74 Å². The molecule has 0 amide bonds. The van der Waals surface area contributed by atoms with Crippen LogP contribution >= 0.6 is 27.5 Å². The molecule has 0 unspecified atom stereocenters. The van der Waals surface area contributed by atoms with Gasteiger partial charge in [0.15, 0.2) is 0 Å². The van der Waals surface area contributed by atoms with Gasteiger partial charge in [0.1, 0.15) is 10.9 Å². The number of aromatic nitrogens is 1. The third kappa shape index (κ3) is 1.57. The van der Waals surface area contributed by atoms with Crippen LogP contribution in [0, 0.1) is 0 Å². The molecule has 1 aromatic heterocycles. The highest BCUT2D eigenvalue weighted by molar-refractivity contribution is 9.10. The Morgan fingerprint density at radius 1 is 1.36 bits per heavy atom. The SMILES string of the molecule is COc1cc(Br)cc2c(Cl)nccc12. The van der Waals surface area contributed by atoms with Gasteiger partial charge in [0.05, 0.1) is 7.11 Å². The number of fused-ring (bicyclic) bond motifs is 1. The summed E-state index contributed by atoms with van der Waals surface area (Å²) in [5.41, 5.74) is 0. The van der Waals surface area contributed by atoms with Crippen molar-refractivity contribution in [2.24, 2.45) is 0 Å². The van der Waals surface area contributed by atoms with E-state index in [1.165, 1.54) is 0 Å². The Kier molecular flexibility index (Phi) is 2.61. The number of nitrogens with zero attached hydrogens (tertiary/aromatic N) is 1. The number of benzene rings is 1. The molecule has 0 N–H and O–H groups in total. The zero-order valence-corrected chi connectivity index (χ0v) is 9.76. The van der Waals surface area contributed by atoms with E-state index in [9.17, 15) is 0 Å². The first kappa shape index (κ1) is 9.74. The van der Waals surface area contributed by atoms with Gasteiger partial charge in [0, 0.05) is 21.4 Å². The molecule has 0 bridgehead atoms. The number of ether oxygens (including phenoxy) is 1. The number of pyridine rings is 1. The van der Waals surface area contributed by atoms with Gasteiger partial charge in [0.25, 0.3) is 0 Å². The molecular formula is C10H7BrClNO. The van der Waals surface area contributed by atoms with Gasteiger partial charge in [-0.1, -0.05) is 27.5 Å². The van der Waals surface area contributed by atoms with Crippen LogP contribution < -0.4 is 4.74 Å². The molecule has 0 aliphatic carbocycles. The molecule has 0 saturated heterocycles. The minimum absolute atomic E-state index is 0.488. The maximum atomic E-state index is 5.97. The van der Waals surface area contributed by atoms with Crippen molar-refractivity contribution in [2.45, 2.75) is 0 Å². The Morgan fingerprint density at radius 3 is 2.86 bits per heavy atom. The molecule has 0 atom stereocenters. The predicted octanol–water partition coefficient (Wildman–Crippen LogP) is 3.66. The van der Waals surface area contributed by atoms with E-state index < -0.39 is 0 Å². The Labute approximate surface area is 95.0 Å². The van der Waals surface area contributed by atoms with E-state index in [1.807, 2.05) is 18.2 Å². The summed E-state index contributed by atoms with van der Waals surface area (Å²) in [6, 6.07) is 5.71. The first-order valence-electron chi connectivity index (χ1n) is 4.00. The van der Waals surface area contributed by atoms with Crippen LogP contribution in [0.5, 0.6) is 5.75 Å². The summed E-state index contributed by atoms with van der Waals surface area (Å²) in [5, 5.41) is 2.35. The molecule has 4 heteroatoms. The van der Waals surface area contributed by atoms with E-state index in [2.05, 4.69) is 20.9 Å². The number of hydrogen-bond donors (Lipinski definition) is 0. The lowest BCUT2D eigenvalue weighted by atomic mass is 10.1. The van der Waals surface area contributed by atoms with Crippen molar-refractivity contribution in [1.82, 2.24) is 4.98 Å². The topological polar surface area (TPSA) is 22.1 Å². The molecule has 2 aromatic rings. The molecule has 0 fully saturated rings. The fraction of sp³-hybridized carbons (Fsp3) is 0.100. The number of halogens is 2. The van der Waals surface area contributed by atoms with Crippen LogP contribution in [0.2, 0.25) is 5.15 Å². The second-order valence-electron chi connectivity index (χ2n) is 2.80. The van der Waals surface area contributed by atoms with Crippen molar-refractivity contribution in [3.05, 3.63) is 34.0 Å². The molecule has 0 aliphatic rings. The summed E-state index contributed by atoms with van der Waals surface area (Å²) in [6.45, 7) is 0. The highest BCUT2D eigenvalue weighted by atomic mass is 79.9. The van der Waals surface area contributed by atoms with Gasteiger partial charge >= 0.3 is 0 Å². The van der Waals surface area contributed by atoms with Crippen LogP contribution in [-0.2, 0) is 0 Å². The van der Waals surface area contributed by atoms with Gasteiger partial charge in [-0.05, 0) is 18.2 Å². The number of methoxy groups -OCH3 is 1. The van der Waals surface area contributed by atoms with E-state index in [4.69, 9.17) is 16.3 Å². The second-order valence-corrected chi connectivity index (χ2v) is 4.08. The van der Waals surface area contributed by atoms with Crippen molar-refractivity contribution in [1.29, 1.82) is 0 Å². The molecule has 14 heavy (non-hydrogen) atoms. The Morgan fingerprint density at radius 2 is 2.14 bits per heavy atom.